The third-order valence-corrected chi connectivity index (χ3v) is 4.75. The molecule has 1 aromatic rings. The van der Waals surface area contributed by atoms with Gasteiger partial charge in [-0.2, -0.15) is 5.10 Å². The van der Waals surface area contributed by atoms with Crippen LogP contribution in [0.15, 0.2) is 12.3 Å². The Kier molecular flexibility index (Phi) is 6.05. The Labute approximate surface area is 138 Å². The number of nitrogens with one attached hydrogen (secondary N) is 2. The van der Waals surface area contributed by atoms with Crippen molar-refractivity contribution in [2.45, 2.75) is 57.1 Å². The first-order valence-electron chi connectivity index (χ1n) is 8.98. The number of piperidine rings is 1. The van der Waals surface area contributed by atoms with Crippen LogP contribution < -0.4 is 10.6 Å². The van der Waals surface area contributed by atoms with E-state index < -0.39 is 0 Å². The van der Waals surface area contributed by atoms with E-state index in [9.17, 15) is 4.79 Å². The number of amides is 1. The van der Waals surface area contributed by atoms with E-state index in [1.54, 1.807) is 6.07 Å². The van der Waals surface area contributed by atoms with Gasteiger partial charge in [-0.3, -0.25) is 9.48 Å². The predicted octanol–water partition coefficient (Wildman–Crippen LogP) is 1.89. The van der Waals surface area contributed by atoms with Gasteiger partial charge in [0, 0.05) is 25.9 Å². The van der Waals surface area contributed by atoms with Gasteiger partial charge in [-0.1, -0.05) is 12.8 Å². The molecule has 1 aliphatic heterocycles. The maximum absolute atomic E-state index is 12.1. The van der Waals surface area contributed by atoms with Crippen LogP contribution in [0.25, 0.3) is 0 Å². The Morgan fingerprint density at radius 3 is 3.00 bits per heavy atom. The third-order valence-electron chi connectivity index (χ3n) is 4.75. The highest BCUT2D eigenvalue weighted by Crippen LogP contribution is 2.20. The van der Waals surface area contributed by atoms with Crippen molar-refractivity contribution in [1.82, 2.24) is 20.4 Å². The summed E-state index contributed by atoms with van der Waals surface area (Å²) < 4.78 is 7.72. The number of rotatable bonds is 7. The fraction of sp³-hybridized carbons (Fsp3) is 0.765. The number of aromatic nitrogens is 2. The molecule has 1 aliphatic carbocycles. The van der Waals surface area contributed by atoms with Crippen LogP contribution in [0.2, 0.25) is 0 Å². The number of carbonyl (C=O) groups excluding carboxylic acids is 1. The van der Waals surface area contributed by atoms with Crippen LogP contribution in [0.1, 0.15) is 61.5 Å². The van der Waals surface area contributed by atoms with Crippen LogP contribution in [0.5, 0.6) is 0 Å². The van der Waals surface area contributed by atoms with E-state index in [1.807, 2.05) is 10.9 Å². The van der Waals surface area contributed by atoms with E-state index in [0.717, 1.165) is 39.0 Å². The molecule has 6 heteroatoms. The molecule has 2 aliphatic rings. The highest BCUT2D eigenvalue weighted by Gasteiger charge is 2.18. The minimum absolute atomic E-state index is 0.0895. The minimum atomic E-state index is -0.0895. The van der Waals surface area contributed by atoms with Gasteiger partial charge in [-0.25, -0.2) is 0 Å². The first-order valence-corrected chi connectivity index (χ1v) is 8.98. The van der Waals surface area contributed by atoms with Crippen molar-refractivity contribution in [1.29, 1.82) is 0 Å². The summed E-state index contributed by atoms with van der Waals surface area (Å²) in [4.78, 5) is 12.1. The minimum Gasteiger partial charge on any atom is -0.378 e. The zero-order valence-electron chi connectivity index (χ0n) is 13.8. The molecule has 1 atom stereocenters. The Balaban J connectivity index is 1.35. The van der Waals surface area contributed by atoms with Crippen LogP contribution in [-0.4, -0.2) is 48.0 Å². The first kappa shape index (κ1) is 16.5. The van der Waals surface area contributed by atoms with Crippen molar-refractivity contribution in [3.8, 4) is 0 Å². The highest BCUT2D eigenvalue weighted by molar-refractivity contribution is 5.92. The summed E-state index contributed by atoms with van der Waals surface area (Å²) in [5, 5.41) is 10.7. The quantitative estimate of drug-likeness (QED) is 0.753. The normalized spacial score (nSPS) is 22.3. The first-order chi connectivity index (χ1) is 11.3. The molecular formula is C17H28N4O2. The Morgan fingerprint density at radius 1 is 1.35 bits per heavy atom. The monoisotopic (exact) mass is 320 g/mol. The van der Waals surface area contributed by atoms with Crippen molar-refractivity contribution in [3.05, 3.63) is 18.0 Å². The van der Waals surface area contributed by atoms with E-state index in [-0.39, 0.29) is 5.91 Å². The molecule has 1 amide bonds. The number of nitrogens with zero attached hydrogens (tertiary/aromatic N) is 2. The maximum Gasteiger partial charge on any atom is 0.271 e. The molecule has 1 saturated heterocycles. The summed E-state index contributed by atoms with van der Waals surface area (Å²) >= 11 is 0. The maximum atomic E-state index is 12.1. The molecule has 2 fully saturated rings. The largest absolute Gasteiger partial charge is 0.378 e. The van der Waals surface area contributed by atoms with Crippen molar-refractivity contribution in [3.63, 3.8) is 0 Å². The van der Waals surface area contributed by atoms with Gasteiger partial charge in [0.05, 0.1) is 12.1 Å². The number of carbonyl (C=O) groups is 1. The van der Waals surface area contributed by atoms with Gasteiger partial charge in [-0.05, 0) is 44.7 Å². The van der Waals surface area contributed by atoms with Crippen molar-refractivity contribution in [2.75, 3.05) is 26.2 Å². The van der Waals surface area contributed by atoms with Crippen LogP contribution in [0, 0.1) is 0 Å². The van der Waals surface area contributed by atoms with Gasteiger partial charge in [-0.15, -0.1) is 0 Å². The smallest absolute Gasteiger partial charge is 0.271 e. The van der Waals surface area contributed by atoms with Crippen LogP contribution in [0.4, 0.5) is 0 Å². The SMILES string of the molecule is O=C(NCCCOC1CCCC1)c1ccn(C2CCCNC2)n1. The lowest BCUT2D eigenvalue weighted by molar-refractivity contribution is 0.0565. The van der Waals surface area contributed by atoms with Crippen LogP contribution in [-0.2, 0) is 4.74 Å². The van der Waals surface area contributed by atoms with Gasteiger partial charge >= 0.3 is 0 Å². The van der Waals surface area contributed by atoms with E-state index in [1.165, 1.54) is 25.7 Å². The summed E-state index contributed by atoms with van der Waals surface area (Å²) in [5.74, 6) is -0.0895. The van der Waals surface area contributed by atoms with Crippen molar-refractivity contribution < 1.29 is 9.53 Å². The standard InChI is InChI=1S/C17H28N4O2/c22-17(19-10-4-12-23-15-6-1-2-7-15)16-8-11-21(20-16)14-5-3-9-18-13-14/h8,11,14-15,18H,1-7,9-10,12-13H2,(H,19,22). The number of hydrogen-bond acceptors (Lipinski definition) is 4. The third kappa shape index (κ3) is 4.78. The molecule has 0 aromatic carbocycles. The van der Waals surface area contributed by atoms with E-state index >= 15 is 0 Å². The Bertz CT molecular complexity index is 491. The molecule has 0 spiro atoms. The fourth-order valence-corrected chi connectivity index (χ4v) is 3.39. The summed E-state index contributed by atoms with van der Waals surface area (Å²) in [5.41, 5.74) is 0.507. The molecule has 1 aromatic heterocycles. The average Bonchev–Trinajstić information content (AvgIpc) is 3.27. The lowest BCUT2D eigenvalue weighted by atomic mass is 10.1. The van der Waals surface area contributed by atoms with Gasteiger partial charge in [0.25, 0.3) is 5.91 Å². The summed E-state index contributed by atoms with van der Waals surface area (Å²) in [6.07, 6.45) is 10.5. The van der Waals surface area contributed by atoms with Gasteiger partial charge in [0.15, 0.2) is 0 Å². The van der Waals surface area contributed by atoms with Gasteiger partial charge in [0.1, 0.15) is 5.69 Å². The van der Waals surface area contributed by atoms with Crippen LogP contribution in [0.3, 0.4) is 0 Å². The fourth-order valence-electron chi connectivity index (χ4n) is 3.39. The van der Waals surface area contributed by atoms with Gasteiger partial charge in [0.2, 0.25) is 0 Å². The van der Waals surface area contributed by atoms with Crippen LogP contribution >= 0.6 is 0 Å². The van der Waals surface area contributed by atoms with E-state index in [4.69, 9.17) is 4.74 Å². The van der Waals surface area contributed by atoms with Gasteiger partial charge < -0.3 is 15.4 Å². The van der Waals surface area contributed by atoms with Crippen molar-refractivity contribution >= 4 is 5.91 Å². The summed E-state index contributed by atoms with van der Waals surface area (Å²) in [6.45, 7) is 3.38. The number of ether oxygens (including phenoxy) is 1. The molecule has 1 unspecified atom stereocenters. The Hall–Kier alpha value is -1.40. The molecule has 0 radical (unpaired) electrons. The highest BCUT2D eigenvalue weighted by atomic mass is 16.5. The average molecular weight is 320 g/mol. The lowest BCUT2D eigenvalue weighted by Gasteiger charge is -2.22. The molecule has 3 rings (SSSR count). The summed E-state index contributed by atoms with van der Waals surface area (Å²) in [6, 6.07) is 2.17. The van der Waals surface area contributed by atoms with E-state index in [2.05, 4.69) is 15.7 Å². The summed E-state index contributed by atoms with van der Waals surface area (Å²) in [7, 11) is 0. The molecule has 0 bridgehead atoms. The molecule has 6 nitrogen and oxygen atoms in total. The molecule has 2 N–H and O–H groups in total. The second-order valence-electron chi connectivity index (χ2n) is 6.57. The second-order valence-corrected chi connectivity index (χ2v) is 6.57. The molecular weight excluding hydrogens is 292 g/mol. The second kappa shape index (κ2) is 8.45. The predicted molar refractivity (Wildman–Crippen MR) is 88.5 cm³/mol. The molecule has 23 heavy (non-hydrogen) atoms. The molecule has 2 heterocycles. The zero-order chi connectivity index (χ0) is 15.9. The number of hydrogen-bond donors (Lipinski definition) is 2. The van der Waals surface area contributed by atoms with Crippen molar-refractivity contribution in [2.24, 2.45) is 0 Å². The molecule has 1 saturated carbocycles. The topological polar surface area (TPSA) is 68.2 Å². The Morgan fingerprint density at radius 2 is 2.22 bits per heavy atom. The zero-order valence-corrected chi connectivity index (χ0v) is 13.8. The lowest BCUT2D eigenvalue weighted by Crippen LogP contribution is -2.32. The molecule has 128 valence electrons. The van der Waals surface area contributed by atoms with E-state index in [0.29, 0.717) is 24.4 Å².